The van der Waals surface area contributed by atoms with E-state index in [0.717, 1.165) is 6.42 Å². The molecule has 0 spiro atoms. The van der Waals surface area contributed by atoms with Crippen LogP contribution < -0.4 is 11.1 Å². The summed E-state index contributed by atoms with van der Waals surface area (Å²) >= 11 is 0. The predicted molar refractivity (Wildman–Crippen MR) is 46.8 cm³/mol. The molecule has 0 aliphatic heterocycles. The van der Waals surface area contributed by atoms with E-state index in [1.54, 1.807) is 6.07 Å². The van der Waals surface area contributed by atoms with Gasteiger partial charge in [0.05, 0.1) is 11.8 Å². The van der Waals surface area contributed by atoms with Crippen molar-refractivity contribution >= 4 is 5.82 Å². The van der Waals surface area contributed by atoms with Crippen LogP contribution in [-0.4, -0.2) is 22.3 Å². The number of nitrogens with two attached hydrogens (primary N) is 1. The summed E-state index contributed by atoms with van der Waals surface area (Å²) in [6.45, 7) is 0. The van der Waals surface area contributed by atoms with Crippen LogP contribution in [0.1, 0.15) is 12.0 Å². The quantitative estimate of drug-likeness (QED) is 0.653. The summed E-state index contributed by atoms with van der Waals surface area (Å²) in [7, 11) is 0. The standard InChI is InChI=1S/C8H9N5/c9-4-5-1-2-11-13-8(5)12-7-3-6(7)10/h1-2,6-7H,3,10H2,(H,12,13). The number of nitriles is 1. The summed E-state index contributed by atoms with van der Waals surface area (Å²) in [5, 5.41) is 19.3. The number of aromatic nitrogens is 2. The second-order valence-corrected chi connectivity index (χ2v) is 3.06. The van der Waals surface area contributed by atoms with Crippen molar-refractivity contribution in [1.29, 1.82) is 5.26 Å². The highest BCUT2D eigenvalue weighted by Gasteiger charge is 2.34. The number of hydrogen-bond acceptors (Lipinski definition) is 5. The maximum atomic E-state index is 8.73. The van der Waals surface area contributed by atoms with Gasteiger partial charge in [0.1, 0.15) is 6.07 Å². The van der Waals surface area contributed by atoms with Crippen LogP contribution in [0.15, 0.2) is 12.3 Å². The van der Waals surface area contributed by atoms with Gasteiger partial charge in [-0.05, 0) is 12.5 Å². The van der Waals surface area contributed by atoms with Gasteiger partial charge in [-0.1, -0.05) is 0 Å². The van der Waals surface area contributed by atoms with Gasteiger partial charge in [0.25, 0.3) is 0 Å². The molecule has 0 saturated heterocycles. The summed E-state index contributed by atoms with van der Waals surface area (Å²) in [6, 6.07) is 4.11. The van der Waals surface area contributed by atoms with Crippen LogP contribution in [0, 0.1) is 11.3 Å². The molecular formula is C8H9N5. The zero-order valence-electron chi connectivity index (χ0n) is 6.94. The minimum absolute atomic E-state index is 0.188. The molecule has 3 N–H and O–H groups in total. The van der Waals surface area contributed by atoms with E-state index in [9.17, 15) is 0 Å². The highest BCUT2D eigenvalue weighted by Crippen LogP contribution is 2.23. The number of anilines is 1. The van der Waals surface area contributed by atoms with Crippen LogP contribution in [0.3, 0.4) is 0 Å². The zero-order valence-corrected chi connectivity index (χ0v) is 6.94. The molecule has 0 aromatic carbocycles. The van der Waals surface area contributed by atoms with Crippen LogP contribution in [0.4, 0.5) is 5.82 Å². The van der Waals surface area contributed by atoms with Crippen molar-refractivity contribution in [1.82, 2.24) is 10.2 Å². The molecule has 1 saturated carbocycles. The largest absolute Gasteiger partial charge is 0.363 e. The van der Waals surface area contributed by atoms with Gasteiger partial charge in [0.2, 0.25) is 0 Å². The third kappa shape index (κ3) is 1.58. The second-order valence-electron chi connectivity index (χ2n) is 3.06. The Hall–Kier alpha value is -1.67. The molecule has 1 aromatic rings. The van der Waals surface area contributed by atoms with E-state index in [0.29, 0.717) is 11.4 Å². The molecule has 2 unspecified atom stereocenters. The van der Waals surface area contributed by atoms with Crippen molar-refractivity contribution in [2.24, 2.45) is 5.73 Å². The first-order chi connectivity index (χ1) is 6.31. The monoisotopic (exact) mass is 175 g/mol. The van der Waals surface area contributed by atoms with Gasteiger partial charge in [-0.2, -0.15) is 10.4 Å². The molecule has 13 heavy (non-hydrogen) atoms. The van der Waals surface area contributed by atoms with Crippen LogP contribution in [0.5, 0.6) is 0 Å². The van der Waals surface area contributed by atoms with Crippen LogP contribution in [-0.2, 0) is 0 Å². The molecule has 5 nitrogen and oxygen atoms in total. The molecule has 1 aliphatic carbocycles. The lowest BCUT2D eigenvalue weighted by Crippen LogP contribution is -2.15. The molecule has 1 aromatic heterocycles. The third-order valence-corrected chi connectivity index (χ3v) is 2.00. The van der Waals surface area contributed by atoms with Crippen molar-refractivity contribution < 1.29 is 0 Å². The lowest BCUT2D eigenvalue weighted by molar-refractivity contribution is 0.959. The number of nitrogens with one attached hydrogen (secondary N) is 1. The molecule has 0 bridgehead atoms. The molecule has 66 valence electrons. The molecule has 5 heteroatoms. The SMILES string of the molecule is N#Cc1ccnnc1NC1CC1N. The molecule has 1 aliphatic rings. The first-order valence-corrected chi connectivity index (χ1v) is 4.05. The zero-order chi connectivity index (χ0) is 9.26. The van der Waals surface area contributed by atoms with E-state index < -0.39 is 0 Å². The van der Waals surface area contributed by atoms with E-state index in [2.05, 4.69) is 15.5 Å². The van der Waals surface area contributed by atoms with Gasteiger partial charge in [0.15, 0.2) is 5.82 Å². The fourth-order valence-electron chi connectivity index (χ4n) is 1.08. The van der Waals surface area contributed by atoms with Crippen molar-refractivity contribution in [3.8, 4) is 6.07 Å². The molecular weight excluding hydrogens is 166 g/mol. The molecule has 2 rings (SSSR count). The fraction of sp³-hybridized carbons (Fsp3) is 0.375. The molecule has 0 radical (unpaired) electrons. The summed E-state index contributed by atoms with van der Waals surface area (Å²) in [6.07, 6.45) is 2.43. The van der Waals surface area contributed by atoms with E-state index in [1.807, 2.05) is 6.07 Å². The Bertz CT molecular complexity index is 356. The van der Waals surface area contributed by atoms with Gasteiger partial charge in [0, 0.05) is 12.1 Å². The van der Waals surface area contributed by atoms with Gasteiger partial charge in [-0.3, -0.25) is 0 Å². The molecule has 0 amide bonds. The Balaban J connectivity index is 2.15. The van der Waals surface area contributed by atoms with Gasteiger partial charge in [-0.25, -0.2) is 0 Å². The van der Waals surface area contributed by atoms with E-state index in [1.165, 1.54) is 6.20 Å². The van der Waals surface area contributed by atoms with E-state index >= 15 is 0 Å². The lowest BCUT2D eigenvalue weighted by atomic mass is 10.3. The summed E-state index contributed by atoms with van der Waals surface area (Å²) in [5.74, 6) is 0.531. The maximum Gasteiger partial charge on any atom is 0.166 e. The average Bonchev–Trinajstić information content (AvgIpc) is 2.83. The third-order valence-electron chi connectivity index (χ3n) is 2.00. The average molecular weight is 175 g/mol. The van der Waals surface area contributed by atoms with E-state index in [-0.39, 0.29) is 12.1 Å². The first-order valence-electron chi connectivity index (χ1n) is 4.05. The Morgan fingerprint density at radius 3 is 3.08 bits per heavy atom. The number of rotatable bonds is 2. The van der Waals surface area contributed by atoms with Crippen molar-refractivity contribution in [3.05, 3.63) is 17.8 Å². The minimum atomic E-state index is 0.188. The fourth-order valence-corrected chi connectivity index (χ4v) is 1.08. The van der Waals surface area contributed by atoms with Crippen molar-refractivity contribution in [2.75, 3.05) is 5.32 Å². The van der Waals surface area contributed by atoms with Gasteiger partial charge >= 0.3 is 0 Å². The Morgan fingerprint density at radius 2 is 2.46 bits per heavy atom. The minimum Gasteiger partial charge on any atom is -0.363 e. The normalized spacial score (nSPS) is 24.9. The van der Waals surface area contributed by atoms with Crippen LogP contribution in [0.2, 0.25) is 0 Å². The molecule has 1 fully saturated rings. The number of hydrogen-bond donors (Lipinski definition) is 2. The Kier molecular flexibility index (Phi) is 1.83. The first kappa shape index (κ1) is 7.95. The van der Waals surface area contributed by atoms with Crippen LogP contribution >= 0.6 is 0 Å². The Labute approximate surface area is 75.6 Å². The maximum absolute atomic E-state index is 8.73. The van der Waals surface area contributed by atoms with Crippen molar-refractivity contribution in [3.63, 3.8) is 0 Å². The summed E-state index contributed by atoms with van der Waals surface area (Å²) < 4.78 is 0. The lowest BCUT2D eigenvalue weighted by Gasteiger charge is -2.03. The van der Waals surface area contributed by atoms with Gasteiger partial charge in [-0.15, -0.1) is 5.10 Å². The predicted octanol–water partition coefficient (Wildman–Crippen LogP) is -0.140. The Morgan fingerprint density at radius 1 is 1.69 bits per heavy atom. The van der Waals surface area contributed by atoms with Gasteiger partial charge < -0.3 is 11.1 Å². The summed E-state index contributed by atoms with van der Waals surface area (Å²) in [5.41, 5.74) is 6.12. The summed E-state index contributed by atoms with van der Waals surface area (Å²) in [4.78, 5) is 0. The molecule has 1 heterocycles. The topological polar surface area (TPSA) is 87.6 Å². The van der Waals surface area contributed by atoms with Crippen LogP contribution in [0.25, 0.3) is 0 Å². The van der Waals surface area contributed by atoms with E-state index in [4.69, 9.17) is 11.0 Å². The number of nitrogens with zero attached hydrogens (tertiary/aromatic N) is 3. The highest BCUT2D eigenvalue weighted by atomic mass is 15.2. The van der Waals surface area contributed by atoms with Crippen molar-refractivity contribution in [2.45, 2.75) is 18.5 Å². The highest BCUT2D eigenvalue weighted by molar-refractivity contribution is 5.51. The molecule has 2 atom stereocenters. The smallest absolute Gasteiger partial charge is 0.166 e. The second kappa shape index (κ2) is 2.99.